The number of nitriles is 1. The second-order valence-electron chi connectivity index (χ2n) is 6.22. The van der Waals surface area contributed by atoms with Gasteiger partial charge < -0.3 is 5.11 Å². The van der Waals surface area contributed by atoms with Gasteiger partial charge in [-0.05, 0) is 36.2 Å². The molecule has 3 rings (SSSR count). The topological polar surface area (TPSA) is 74.0 Å². The summed E-state index contributed by atoms with van der Waals surface area (Å²) in [7, 11) is 0. The Labute approximate surface area is 167 Å². The first-order chi connectivity index (χ1) is 13.3. The first-order valence-corrected chi connectivity index (χ1v) is 10.0. The predicted molar refractivity (Wildman–Crippen MR) is 110 cm³/mol. The van der Waals surface area contributed by atoms with Crippen LogP contribution in [0.5, 0.6) is 0 Å². The number of aromatic carboxylic acids is 1. The molecule has 0 bridgehead atoms. The van der Waals surface area contributed by atoms with Gasteiger partial charge in [0.05, 0.1) is 18.7 Å². The lowest BCUT2D eigenvalue weighted by atomic mass is 9.98. The van der Waals surface area contributed by atoms with Gasteiger partial charge >= 0.3 is 5.97 Å². The second kappa shape index (κ2) is 7.95. The largest absolute Gasteiger partial charge is 0.477 e. The lowest BCUT2D eigenvalue weighted by Crippen LogP contribution is -1.94. The summed E-state index contributed by atoms with van der Waals surface area (Å²) in [6.45, 7) is 5.90. The monoisotopic (exact) mass is 395 g/mol. The van der Waals surface area contributed by atoms with Crippen molar-refractivity contribution in [2.75, 3.05) is 0 Å². The van der Waals surface area contributed by atoms with Crippen molar-refractivity contribution in [3.05, 3.63) is 58.6 Å². The van der Waals surface area contributed by atoms with Gasteiger partial charge in [-0.2, -0.15) is 5.26 Å². The van der Waals surface area contributed by atoms with Gasteiger partial charge in [0.2, 0.25) is 0 Å². The number of rotatable bonds is 5. The van der Waals surface area contributed by atoms with Crippen molar-refractivity contribution < 1.29 is 11.3 Å². The molecular formula is C21H18N2O2S2. The third-order valence-electron chi connectivity index (χ3n) is 3.81. The molecule has 6 heteroatoms. The number of thiazole rings is 1. The first kappa shape index (κ1) is 17.8. The number of carboxylic acids is 1. The second-order valence-corrected chi connectivity index (χ2v) is 8.87. The molecule has 0 radical (unpaired) electrons. The van der Waals surface area contributed by atoms with E-state index in [9.17, 15) is 15.2 Å². The molecule has 1 heterocycles. The summed E-state index contributed by atoms with van der Waals surface area (Å²) in [5, 5.41) is 19.9. The molecule has 0 amide bonds. The van der Waals surface area contributed by atoms with E-state index in [1.807, 2.05) is 24.3 Å². The predicted octanol–water partition coefficient (Wildman–Crippen LogP) is 5.86. The van der Waals surface area contributed by atoms with Crippen molar-refractivity contribution in [3.8, 4) is 27.8 Å². The van der Waals surface area contributed by atoms with Gasteiger partial charge in [0, 0.05) is 15.7 Å². The quantitative estimate of drug-likeness (QED) is 0.548. The van der Waals surface area contributed by atoms with Crippen molar-refractivity contribution in [3.63, 3.8) is 0 Å². The lowest BCUT2D eigenvalue weighted by Gasteiger charge is -2.09. The van der Waals surface area contributed by atoms with Crippen LogP contribution in [0.4, 0.5) is 0 Å². The third-order valence-corrected chi connectivity index (χ3v) is 6.02. The van der Waals surface area contributed by atoms with E-state index in [2.05, 4.69) is 24.9 Å². The molecule has 27 heavy (non-hydrogen) atoms. The molecule has 0 aliphatic heterocycles. The van der Waals surface area contributed by atoms with Crippen molar-refractivity contribution in [2.24, 2.45) is 0 Å². The maximum absolute atomic E-state index is 11.3. The first-order valence-electron chi connectivity index (χ1n) is 8.83. The number of aryl methyl sites for hydroxylation is 1. The van der Waals surface area contributed by atoms with Gasteiger partial charge in [0.25, 0.3) is 0 Å². The molecule has 4 nitrogen and oxygen atoms in total. The van der Waals surface area contributed by atoms with Gasteiger partial charge in [0.1, 0.15) is 9.88 Å². The normalized spacial score (nSPS) is 11.3. The van der Waals surface area contributed by atoms with Crippen LogP contribution in [-0.4, -0.2) is 21.3 Å². The zero-order chi connectivity index (χ0) is 20.4. The van der Waals surface area contributed by atoms with Crippen LogP contribution in [-0.2, 0) is 0 Å². The minimum absolute atomic E-state index is 0.169. The SMILES string of the molecule is [2H]c1cc(-c2nc(C)c(C(=O)O)s2)cc(C#N)c1-c1ccc(SC(C)C)cc1. The number of carbonyl (C=O) groups is 1. The van der Waals surface area contributed by atoms with E-state index in [1.165, 1.54) is 0 Å². The molecule has 1 aromatic heterocycles. The maximum atomic E-state index is 11.3. The minimum Gasteiger partial charge on any atom is -0.477 e. The van der Waals surface area contributed by atoms with Crippen molar-refractivity contribution >= 4 is 29.1 Å². The summed E-state index contributed by atoms with van der Waals surface area (Å²) in [6, 6.07) is 13.5. The van der Waals surface area contributed by atoms with E-state index in [-0.39, 0.29) is 10.9 Å². The zero-order valence-corrected chi connectivity index (χ0v) is 16.7. The Balaban J connectivity index is 2.04. The van der Waals surface area contributed by atoms with Gasteiger partial charge in [-0.15, -0.1) is 23.1 Å². The minimum atomic E-state index is -1.02. The Kier molecular flexibility index (Phi) is 5.23. The number of nitrogens with zero attached hydrogens (tertiary/aromatic N) is 2. The fourth-order valence-electron chi connectivity index (χ4n) is 2.64. The van der Waals surface area contributed by atoms with Crippen LogP contribution in [0.25, 0.3) is 21.7 Å². The van der Waals surface area contributed by atoms with Crippen molar-refractivity contribution in [1.82, 2.24) is 4.98 Å². The van der Waals surface area contributed by atoms with Gasteiger partial charge in [-0.1, -0.05) is 38.1 Å². The molecule has 0 atom stereocenters. The van der Waals surface area contributed by atoms with E-state index in [0.29, 0.717) is 32.6 Å². The van der Waals surface area contributed by atoms with E-state index in [1.54, 1.807) is 30.8 Å². The summed E-state index contributed by atoms with van der Waals surface area (Å²) in [5.74, 6) is -1.02. The highest BCUT2D eigenvalue weighted by atomic mass is 32.2. The van der Waals surface area contributed by atoms with Crippen molar-refractivity contribution in [2.45, 2.75) is 30.9 Å². The summed E-state index contributed by atoms with van der Waals surface area (Å²) in [4.78, 5) is 16.9. The number of hydrogen-bond acceptors (Lipinski definition) is 5. The molecule has 0 saturated heterocycles. The van der Waals surface area contributed by atoms with Crippen LogP contribution in [0.3, 0.4) is 0 Å². The highest BCUT2D eigenvalue weighted by Crippen LogP contribution is 2.33. The maximum Gasteiger partial charge on any atom is 0.347 e. The number of benzene rings is 2. The Morgan fingerprint density at radius 2 is 2.00 bits per heavy atom. The molecule has 0 fully saturated rings. The fourth-order valence-corrected chi connectivity index (χ4v) is 4.37. The van der Waals surface area contributed by atoms with Gasteiger partial charge in [0.15, 0.2) is 0 Å². The molecule has 0 spiro atoms. The van der Waals surface area contributed by atoms with E-state index in [4.69, 9.17) is 1.37 Å². The van der Waals surface area contributed by atoms with Crippen LogP contribution in [0.1, 0.15) is 36.1 Å². The van der Waals surface area contributed by atoms with Crippen molar-refractivity contribution in [1.29, 1.82) is 5.26 Å². The fraction of sp³-hybridized carbons (Fsp3) is 0.190. The molecular weight excluding hydrogens is 376 g/mol. The standard InChI is InChI=1S/C21H18N2O2S2/c1-12(2)26-17-7-4-14(5-8-17)18-9-6-15(10-16(18)11-22)20-23-13(3)19(27-20)21(24)25/h4-10,12H,1-3H3,(H,24,25)/i9D. The van der Waals surface area contributed by atoms with E-state index in [0.717, 1.165) is 21.8 Å². The van der Waals surface area contributed by atoms with E-state index >= 15 is 0 Å². The average Bonchev–Trinajstić information content (AvgIpc) is 3.03. The average molecular weight is 396 g/mol. The van der Waals surface area contributed by atoms with Crippen LogP contribution in [0, 0.1) is 18.3 Å². The Bertz CT molecular complexity index is 1080. The molecule has 0 saturated carbocycles. The molecule has 0 unspecified atom stereocenters. The van der Waals surface area contributed by atoms with E-state index < -0.39 is 5.97 Å². The molecule has 0 aliphatic carbocycles. The summed E-state index contributed by atoms with van der Waals surface area (Å²) in [5.41, 5.74) is 2.76. The smallest absolute Gasteiger partial charge is 0.347 e. The lowest BCUT2D eigenvalue weighted by molar-refractivity contribution is 0.0701. The Hall–Kier alpha value is -2.62. The summed E-state index contributed by atoms with van der Waals surface area (Å²) < 4.78 is 8.46. The Morgan fingerprint density at radius 1 is 1.30 bits per heavy atom. The molecule has 2 aromatic carbocycles. The van der Waals surface area contributed by atoms with Crippen LogP contribution in [0.2, 0.25) is 0 Å². The number of hydrogen-bond donors (Lipinski definition) is 1. The Morgan fingerprint density at radius 3 is 2.56 bits per heavy atom. The summed E-state index contributed by atoms with van der Waals surface area (Å²) >= 11 is 2.81. The molecule has 3 aromatic rings. The zero-order valence-electron chi connectivity index (χ0n) is 16.1. The molecule has 1 N–H and O–H groups in total. The third kappa shape index (κ3) is 4.21. The van der Waals surface area contributed by atoms with Gasteiger partial charge in [-0.25, -0.2) is 9.78 Å². The number of aromatic nitrogens is 1. The van der Waals surface area contributed by atoms with Gasteiger partial charge in [-0.3, -0.25) is 0 Å². The highest BCUT2D eigenvalue weighted by molar-refractivity contribution is 7.99. The molecule has 0 aliphatic rings. The van der Waals surface area contributed by atoms with Crippen LogP contribution in [0.15, 0.2) is 47.3 Å². The molecule has 136 valence electrons. The van der Waals surface area contributed by atoms with Crippen LogP contribution < -0.4 is 0 Å². The van der Waals surface area contributed by atoms with Crippen LogP contribution >= 0.6 is 23.1 Å². The number of carboxylic acid groups (broad SMARTS) is 1. The number of thioether (sulfide) groups is 1. The highest BCUT2D eigenvalue weighted by Gasteiger charge is 2.16. The summed E-state index contributed by atoms with van der Waals surface area (Å²) in [6.07, 6.45) is 0.